The van der Waals surface area contributed by atoms with Gasteiger partial charge in [-0.15, -0.1) is 0 Å². The van der Waals surface area contributed by atoms with E-state index in [0.717, 1.165) is 32.1 Å². The van der Waals surface area contributed by atoms with Crippen LogP contribution in [0.2, 0.25) is 0 Å². The monoisotopic (exact) mass is 430 g/mol. The first kappa shape index (κ1) is 20.9. The maximum absolute atomic E-state index is 13.2. The van der Waals surface area contributed by atoms with Gasteiger partial charge in [-0.05, 0) is 70.6 Å². The van der Waals surface area contributed by atoms with Crippen molar-refractivity contribution in [2.24, 2.45) is 17.8 Å². The van der Waals surface area contributed by atoms with Gasteiger partial charge in [0.15, 0.2) is 0 Å². The number of carbonyl (C=O) groups excluding carboxylic acids is 1. The second-order valence-corrected chi connectivity index (χ2v) is 10.2. The quantitative estimate of drug-likeness (QED) is 0.739. The molecular weight excluding hydrogens is 396 g/mol. The van der Waals surface area contributed by atoms with Crippen LogP contribution in [-0.2, 0) is 4.74 Å². The van der Waals surface area contributed by atoms with Crippen LogP contribution in [-0.4, -0.2) is 64.5 Å². The summed E-state index contributed by atoms with van der Waals surface area (Å²) in [5, 5.41) is 14.1. The number of hydrogen-bond donors (Lipinski definition) is 2. The Morgan fingerprint density at radius 3 is 2.55 bits per heavy atom. The number of rotatable bonds is 5. The van der Waals surface area contributed by atoms with Crippen LogP contribution in [0, 0.1) is 17.8 Å². The molecule has 170 valence electrons. The van der Waals surface area contributed by atoms with Crippen molar-refractivity contribution in [3.8, 4) is 5.88 Å². The summed E-state index contributed by atoms with van der Waals surface area (Å²) in [6, 6.07) is 0.111. The van der Waals surface area contributed by atoms with Crippen LogP contribution >= 0.6 is 0 Å². The third kappa shape index (κ3) is 4.00. The lowest BCUT2D eigenvalue weighted by atomic mass is 9.52. The highest BCUT2D eigenvalue weighted by atomic mass is 16.5. The second kappa shape index (κ2) is 7.89. The Labute approximate surface area is 183 Å². The minimum Gasteiger partial charge on any atom is -0.477 e. The van der Waals surface area contributed by atoms with E-state index in [4.69, 9.17) is 9.47 Å². The Morgan fingerprint density at radius 2 is 1.94 bits per heavy atom. The minimum absolute atomic E-state index is 0.0950. The lowest BCUT2D eigenvalue weighted by molar-refractivity contribution is -0.136. The van der Waals surface area contributed by atoms with E-state index in [1.165, 1.54) is 0 Å². The van der Waals surface area contributed by atoms with Gasteiger partial charge >= 0.3 is 0 Å². The van der Waals surface area contributed by atoms with Crippen LogP contribution in [0.4, 0.5) is 5.95 Å². The highest BCUT2D eigenvalue weighted by molar-refractivity contribution is 5.96. The topological polar surface area (TPSA) is 96.8 Å². The molecule has 1 aromatic heterocycles. The van der Waals surface area contributed by atoms with Crippen LogP contribution in [0.15, 0.2) is 6.20 Å². The Morgan fingerprint density at radius 1 is 1.26 bits per heavy atom. The molecule has 1 amide bonds. The van der Waals surface area contributed by atoms with Gasteiger partial charge in [0.05, 0.1) is 24.4 Å². The number of morpholine rings is 1. The fraction of sp³-hybridized carbons (Fsp3) is 0.783. The van der Waals surface area contributed by atoms with Crippen molar-refractivity contribution < 1.29 is 19.4 Å². The zero-order chi connectivity index (χ0) is 21.8. The lowest BCUT2D eigenvalue weighted by Crippen LogP contribution is -2.61. The third-order valence-electron chi connectivity index (χ3n) is 7.51. The van der Waals surface area contributed by atoms with Gasteiger partial charge in [-0.25, -0.2) is 4.98 Å². The molecule has 1 saturated heterocycles. The van der Waals surface area contributed by atoms with Crippen LogP contribution in [0.25, 0.3) is 0 Å². The molecule has 1 aromatic rings. The molecule has 31 heavy (non-hydrogen) atoms. The maximum Gasteiger partial charge on any atom is 0.258 e. The van der Waals surface area contributed by atoms with Gasteiger partial charge in [-0.2, -0.15) is 4.98 Å². The Balaban J connectivity index is 1.34. The van der Waals surface area contributed by atoms with E-state index >= 15 is 0 Å². The highest BCUT2D eigenvalue weighted by Crippen LogP contribution is 2.55. The van der Waals surface area contributed by atoms with Crippen molar-refractivity contribution >= 4 is 11.9 Å². The van der Waals surface area contributed by atoms with E-state index in [2.05, 4.69) is 20.2 Å². The number of ether oxygens (including phenoxy) is 2. The van der Waals surface area contributed by atoms with Gasteiger partial charge in [-0.1, -0.05) is 0 Å². The molecule has 2 heterocycles. The van der Waals surface area contributed by atoms with Crippen molar-refractivity contribution in [1.82, 2.24) is 15.3 Å². The van der Waals surface area contributed by atoms with E-state index in [1.54, 1.807) is 6.20 Å². The van der Waals surface area contributed by atoms with Gasteiger partial charge in [0.2, 0.25) is 11.8 Å². The van der Waals surface area contributed by atoms with Gasteiger partial charge in [-0.3, -0.25) is 4.79 Å². The molecule has 0 spiro atoms. The Kier molecular flexibility index (Phi) is 5.33. The van der Waals surface area contributed by atoms with Crippen molar-refractivity contribution in [3.05, 3.63) is 11.8 Å². The number of anilines is 1. The molecule has 0 radical (unpaired) electrons. The summed E-state index contributed by atoms with van der Waals surface area (Å²) in [7, 11) is 0. The van der Waals surface area contributed by atoms with Crippen molar-refractivity contribution in [3.63, 3.8) is 0 Å². The minimum atomic E-state index is -0.509. The zero-order valence-corrected chi connectivity index (χ0v) is 18.7. The molecule has 4 bridgehead atoms. The molecule has 4 atom stereocenters. The molecule has 6 rings (SSSR count). The average Bonchev–Trinajstić information content (AvgIpc) is 2.69. The normalized spacial score (nSPS) is 38.9. The van der Waals surface area contributed by atoms with Crippen molar-refractivity contribution in [2.45, 2.75) is 76.7 Å². The molecule has 0 aromatic carbocycles. The summed E-state index contributed by atoms with van der Waals surface area (Å²) in [5.41, 5.74) is -0.127. The molecule has 8 nitrogen and oxygen atoms in total. The standard InChI is InChI=1S/C23H34N4O4/c1-4-30-21-18(10-24-22(26-21)27-11-13(2)31-14(3)12-27)20(28)25-19-16-5-15-6-17(19)9-23(29,7-15)8-16/h10,13-17,19,29H,4-9,11-12H2,1-3H3,(H,25,28)/t13-,14+,15?,16?,17?,19-,23+. The van der Waals surface area contributed by atoms with Gasteiger partial charge < -0.3 is 24.8 Å². The summed E-state index contributed by atoms with van der Waals surface area (Å²) in [5.74, 6) is 2.04. The van der Waals surface area contributed by atoms with Gasteiger partial charge in [0.25, 0.3) is 5.91 Å². The first-order chi connectivity index (χ1) is 14.8. The molecule has 5 aliphatic rings. The predicted octanol–water partition coefficient (Wildman–Crippen LogP) is 2.16. The largest absolute Gasteiger partial charge is 0.477 e. The smallest absolute Gasteiger partial charge is 0.258 e. The Bertz CT molecular complexity index is 823. The number of aromatic nitrogens is 2. The first-order valence-electron chi connectivity index (χ1n) is 11.8. The fourth-order valence-corrected chi connectivity index (χ4v) is 6.70. The summed E-state index contributed by atoms with van der Waals surface area (Å²) < 4.78 is 11.6. The summed E-state index contributed by atoms with van der Waals surface area (Å²) in [6.07, 6.45) is 6.52. The van der Waals surface area contributed by atoms with Crippen molar-refractivity contribution in [2.75, 3.05) is 24.6 Å². The SMILES string of the molecule is CCOc1nc(N2C[C@@H](C)O[C@@H](C)C2)ncc1C(=O)N[C@H]1C2CC3CC1C[C@@](O)(C3)C2. The average molecular weight is 431 g/mol. The predicted molar refractivity (Wildman–Crippen MR) is 115 cm³/mol. The number of aliphatic hydroxyl groups is 1. The van der Waals surface area contributed by atoms with E-state index < -0.39 is 5.60 Å². The summed E-state index contributed by atoms with van der Waals surface area (Å²) in [4.78, 5) is 24.4. The number of amides is 1. The molecule has 8 heteroatoms. The van der Waals surface area contributed by atoms with E-state index in [9.17, 15) is 9.90 Å². The number of nitrogens with zero attached hydrogens (tertiary/aromatic N) is 3. The highest BCUT2D eigenvalue weighted by Gasteiger charge is 2.55. The number of hydrogen-bond acceptors (Lipinski definition) is 7. The number of nitrogens with one attached hydrogen (secondary N) is 1. The molecule has 4 aliphatic carbocycles. The van der Waals surface area contributed by atoms with E-state index in [-0.39, 0.29) is 24.2 Å². The van der Waals surface area contributed by atoms with Crippen LogP contribution in [0.3, 0.4) is 0 Å². The molecule has 2 unspecified atom stereocenters. The Hall–Kier alpha value is -1.93. The number of carbonyl (C=O) groups is 1. The molecule has 1 aliphatic heterocycles. The van der Waals surface area contributed by atoms with Crippen LogP contribution in [0.1, 0.15) is 63.2 Å². The van der Waals surface area contributed by atoms with E-state index in [1.807, 2.05) is 20.8 Å². The fourth-order valence-electron chi connectivity index (χ4n) is 6.70. The lowest BCUT2D eigenvalue weighted by Gasteiger charge is -2.58. The zero-order valence-electron chi connectivity index (χ0n) is 18.7. The molecular formula is C23H34N4O4. The second-order valence-electron chi connectivity index (χ2n) is 10.2. The van der Waals surface area contributed by atoms with Gasteiger partial charge in [0.1, 0.15) is 5.56 Å². The first-order valence-corrected chi connectivity index (χ1v) is 11.8. The van der Waals surface area contributed by atoms with Crippen molar-refractivity contribution in [1.29, 1.82) is 0 Å². The third-order valence-corrected chi connectivity index (χ3v) is 7.51. The maximum atomic E-state index is 13.2. The van der Waals surface area contributed by atoms with Gasteiger partial charge in [0, 0.05) is 25.3 Å². The van der Waals surface area contributed by atoms with Crippen LogP contribution in [0.5, 0.6) is 5.88 Å². The molecule has 4 saturated carbocycles. The summed E-state index contributed by atoms with van der Waals surface area (Å²) >= 11 is 0. The van der Waals surface area contributed by atoms with Crippen LogP contribution < -0.4 is 15.0 Å². The molecule has 2 N–H and O–H groups in total. The summed E-state index contributed by atoms with van der Waals surface area (Å²) in [6.45, 7) is 7.80. The molecule has 5 fully saturated rings. The van der Waals surface area contributed by atoms with E-state index in [0.29, 0.717) is 54.8 Å².